The largest absolute Gasteiger partial charge is 0.397 e. The molecule has 5 nitrogen and oxygen atoms in total. The van der Waals surface area contributed by atoms with Crippen molar-refractivity contribution < 1.29 is 9.53 Å². The Labute approximate surface area is 113 Å². The molecule has 0 aliphatic carbocycles. The average molecular weight is 263 g/mol. The van der Waals surface area contributed by atoms with Gasteiger partial charge in [0.2, 0.25) is 0 Å². The summed E-state index contributed by atoms with van der Waals surface area (Å²) in [5.74, 6) is -0.0848. The van der Waals surface area contributed by atoms with Crippen LogP contribution in [0.1, 0.15) is 30.6 Å². The second-order valence-corrected chi connectivity index (χ2v) is 5.15. The van der Waals surface area contributed by atoms with E-state index < -0.39 is 0 Å². The van der Waals surface area contributed by atoms with E-state index in [1.165, 1.54) is 0 Å². The van der Waals surface area contributed by atoms with E-state index >= 15 is 0 Å². The van der Waals surface area contributed by atoms with Crippen LogP contribution in [0.4, 0.5) is 11.4 Å². The minimum Gasteiger partial charge on any atom is -0.397 e. The minimum atomic E-state index is -0.117. The Bertz CT molecular complexity index is 468. The molecule has 104 valence electrons. The molecule has 1 atom stereocenters. The number of carbonyl (C=O) groups excluding carboxylic acids is 1. The Balaban J connectivity index is 2.19. The van der Waals surface area contributed by atoms with E-state index in [0.29, 0.717) is 24.4 Å². The van der Waals surface area contributed by atoms with Crippen molar-refractivity contribution in [2.75, 3.05) is 30.8 Å². The third kappa shape index (κ3) is 3.17. The number of nitrogens with one attached hydrogen (secondary N) is 2. The topological polar surface area (TPSA) is 76.4 Å². The molecule has 5 heteroatoms. The number of amides is 1. The predicted octanol–water partition coefficient (Wildman–Crippen LogP) is 1.61. The molecule has 0 saturated carbocycles. The Morgan fingerprint density at radius 2 is 2.32 bits per heavy atom. The van der Waals surface area contributed by atoms with Gasteiger partial charge in [0, 0.05) is 18.7 Å². The summed E-state index contributed by atoms with van der Waals surface area (Å²) in [4.78, 5) is 11.8. The smallest absolute Gasteiger partial charge is 0.251 e. The van der Waals surface area contributed by atoms with Crippen LogP contribution in [0.2, 0.25) is 0 Å². The molecule has 0 bridgehead atoms. The summed E-state index contributed by atoms with van der Waals surface area (Å²) in [6, 6.07) is 5.29. The molecule has 1 aliphatic rings. The summed E-state index contributed by atoms with van der Waals surface area (Å²) < 4.78 is 5.41. The number of nitrogen functional groups attached to an aromatic ring is 1. The quantitative estimate of drug-likeness (QED) is 0.721. The number of ether oxygens (including phenoxy) is 1. The van der Waals surface area contributed by atoms with E-state index in [9.17, 15) is 4.79 Å². The van der Waals surface area contributed by atoms with Crippen LogP contribution in [0.25, 0.3) is 0 Å². The summed E-state index contributed by atoms with van der Waals surface area (Å²) in [6.45, 7) is 6.00. The second kappa shape index (κ2) is 5.48. The number of carbonyl (C=O) groups is 1. The number of benzene rings is 1. The normalized spacial score (nSPS) is 22.2. The minimum absolute atomic E-state index is 0.0848. The molecular weight excluding hydrogens is 242 g/mol. The van der Waals surface area contributed by atoms with Crippen LogP contribution >= 0.6 is 0 Å². The van der Waals surface area contributed by atoms with Gasteiger partial charge in [0.1, 0.15) is 0 Å². The first-order valence-electron chi connectivity index (χ1n) is 6.58. The lowest BCUT2D eigenvalue weighted by Gasteiger charge is -2.26. The highest BCUT2D eigenvalue weighted by atomic mass is 16.5. The highest BCUT2D eigenvalue weighted by Gasteiger charge is 2.30. The fraction of sp³-hybridized carbons (Fsp3) is 0.500. The van der Waals surface area contributed by atoms with Crippen molar-refractivity contribution in [1.82, 2.24) is 5.32 Å². The molecule has 1 saturated heterocycles. The Kier molecular flexibility index (Phi) is 3.95. The Morgan fingerprint density at radius 3 is 2.95 bits per heavy atom. The van der Waals surface area contributed by atoms with E-state index in [1.807, 2.05) is 6.92 Å². The van der Waals surface area contributed by atoms with Crippen molar-refractivity contribution in [2.45, 2.75) is 25.8 Å². The Hall–Kier alpha value is -1.75. The maximum absolute atomic E-state index is 11.8. The number of hydrogen-bond donors (Lipinski definition) is 3. The first kappa shape index (κ1) is 13.7. The van der Waals surface area contributed by atoms with Crippen LogP contribution in [0.3, 0.4) is 0 Å². The summed E-state index contributed by atoms with van der Waals surface area (Å²) in [5, 5.41) is 6.17. The number of anilines is 2. The first-order chi connectivity index (χ1) is 9.04. The van der Waals surface area contributed by atoms with Gasteiger partial charge in [-0.15, -0.1) is 0 Å². The lowest BCUT2D eigenvalue weighted by molar-refractivity contribution is 0.0956. The molecule has 1 heterocycles. The maximum atomic E-state index is 11.8. The molecule has 1 aromatic carbocycles. The number of nitrogens with two attached hydrogens (primary N) is 1. The molecule has 1 unspecified atom stereocenters. The van der Waals surface area contributed by atoms with Crippen molar-refractivity contribution in [1.29, 1.82) is 0 Å². The third-order valence-corrected chi connectivity index (χ3v) is 3.31. The van der Waals surface area contributed by atoms with Crippen molar-refractivity contribution >= 4 is 17.3 Å². The fourth-order valence-corrected chi connectivity index (χ4v) is 2.16. The van der Waals surface area contributed by atoms with Crippen molar-refractivity contribution in [2.24, 2.45) is 0 Å². The predicted molar refractivity (Wildman–Crippen MR) is 76.3 cm³/mol. The molecule has 1 aromatic rings. The average Bonchev–Trinajstić information content (AvgIpc) is 2.79. The van der Waals surface area contributed by atoms with E-state index in [1.54, 1.807) is 18.2 Å². The van der Waals surface area contributed by atoms with Gasteiger partial charge in [-0.3, -0.25) is 4.79 Å². The van der Waals surface area contributed by atoms with Crippen LogP contribution < -0.4 is 16.4 Å². The molecule has 0 spiro atoms. The number of hydrogen-bond acceptors (Lipinski definition) is 4. The Morgan fingerprint density at radius 1 is 1.53 bits per heavy atom. The lowest BCUT2D eigenvalue weighted by Crippen LogP contribution is -2.35. The van der Waals surface area contributed by atoms with Crippen molar-refractivity contribution in [3.63, 3.8) is 0 Å². The zero-order valence-electron chi connectivity index (χ0n) is 11.5. The molecule has 1 amide bonds. The molecule has 0 aromatic heterocycles. The second-order valence-electron chi connectivity index (χ2n) is 5.15. The van der Waals surface area contributed by atoms with Gasteiger partial charge in [-0.25, -0.2) is 0 Å². The summed E-state index contributed by atoms with van der Waals surface area (Å²) >= 11 is 0. The van der Waals surface area contributed by atoms with Crippen LogP contribution in [-0.4, -0.2) is 31.2 Å². The summed E-state index contributed by atoms with van der Waals surface area (Å²) in [7, 11) is 0. The zero-order chi connectivity index (χ0) is 13.9. The fourth-order valence-electron chi connectivity index (χ4n) is 2.16. The highest BCUT2D eigenvalue weighted by Crippen LogP contribution is 2.28. The zero-order valence-corrected chi connectivity index (χ0v) is 11.5. The van der Waals surface area contributed by atoms with Crippen LogP contribution in [0.5, 0.6) is 0 Å². The summed E-state index contributed by atoms with van der Waals surface area (Å²) in [6.07, 6.45) is 0.928. The van der Waals surface area contributed by atoms with Gasteiger partial charge in [-0.05, 0) is 38.5 Å². The molecule has 4 N–H and O–H groups in total. The van der Waals surface area contributed by atoms with Gasteiger partial charge in [-0.1, -0.05) is 0 Å². The van der Waals surface area contributed by atoms with Crippen LogP contribution in [0.15, 0.2) is 18.2 Å². The SMILES string of the molecule is CCNC(=O)c1ccc(N)c(NC2(C)CCOC2)c1. The third-order valence-electron chi connectivity index (χ3n) is 3.31. The van der Waals surface area contributed by atoms with Crippen molar-refractivity contribution in [3.05, 3.63) is 23.8 Å². The van der Waals surface area contributed by atoms with Crippen LogP contribution in [-0.2, 0) is 4.74 Å². The lowest BCUT2D eigenvalue weighted by atomic mass is 10.0. The molecule has 0 radical (unpaired) electrons. The summed E-state index contributed by atoms with van der Waals surface area (Å²) in [5.41, 5.74) is 7.89. The first-order valence-corrected chi connectivity index (χ1v) is 6.58. The number of rotatable bonds is 4. The maximum Gasteiger partial charge on any atom is 0.251 e. The van der Waals surface area contributed by atoms with E-state index in [4.69, 9.17) is 10.5 Å². The van der Waals surface area contributed by atoms with Gasteiger partial charge >= 0.3 is 0 Å². The molecule has 2 rings (SSSR count). The monoisotopic (exact) mass is 263 g/mol. The highest BCUT2D eigenvalue weighted by molar-refractivity contribution is 5.96. The van der Waals surface area contributed by atoms with Gasteiger partial charge in [-0.2, -0.15) is 0 Å². The van der Waals surface area contributed by atoms with Gasteiger partial charge in [0.05, 0.1) is 23.5 Å². The van der Waals surface area contributed by atoms with Crippen LogP contribution in [0, 0.1) is 0 Å². The molecular formula is C14H21N3O2. The van der Waals surface area contributed by atoms with E-state index in [0.717, 1.165) is 18.7 Å². The van der Waals surface area contributed by atoms with E-state index in [-0.39, 0.29) is 11.4 Å². The van der Waals surface area contributed by atoms with E-state index in [2.05, 4.69) is 17.6 Å². The molecule has 19 heavy (non-hydrogen) atoms. The van der Waals surface area contributed by atoms with Gasteiger partial charge in [0.25, 0.3) is 5.91 Å². The van der Waals surface area contributed by atoms with Gasteiger partial charge in [0.15, 0.2) is 0 Å². The standard InChI is InChI=1S/C14H21N3O2/c1-3-16-13(18)10-4-5-11(15)12(8-10)17-14(2)6-7-19-9-14/h4-5,8,17H,3,6-7,9,15H2,1-2H3,(H,16,18). The molecule has 1 aliphatic heterocycles. The van der Waals surface area contributed by atoms with Crippen molar-refractivity contribution in [3.8, 4) is 0 Å². The van der Waals surface area contributed by atoms with Gasteiger partial charge < -0.3 is 21.1 Å². The molecule has 1 fully saturated rings.